The number of hydrogen-bond acceptors (Lipinski definition) is 2. The lowest BCUT2D eigenvalue weighted by molar-refractivity contribution is 0.0958. The Morgan fingerprint density at radius 2 is 1.71 bits per heavy atom. The number of nitrogens with two attached hydrogens (primary N) is 1. The van der Waals surface area contributed by atoms with Gasteiger partial charge in [-0.15, -0.1) is 0 Å². The zero-order chi connectivity index (χ0) is 10.6. The monoisotopic (exact) mass is 304 g/mol. The fraction of sp³-hybridized carbons (Fsp3) is 0.111. The summed E-state index contributed by atoms with van der Waals surface area (Å²) >= 11 is 2.04. The van der Waals surface area contributed by atoms with Crippen LogP contribution in [-0.2, 0) is 0 Å². The molecule has 0 aliphatic rings. The molecule has 0 saturated carbocycles. The van der Waals surface area contributed by atoms with Crippen LogP contribution in [0.3, 0.4) is 0 Å². The summed E-state index contributed by atoms with van der Waals surface area (Å²) in [7, 11) is 0. The average Bonchev–Trinajstić information content (AvgIpc) is 2.18. The Hall–Kier alpha value is -1.11. The van der Waals surface area contributed by atoms with Gasteiger partial charge in [-0.2, -0.15) is 0 Å². The van der Waals surface area contributed by atoms with Gasteiger partial charge in [-0.25, -0.2) is 0 Å². The number of benzene rings is 1. The lowest BCUT2D eigenvalue weighted by Crippen LogP contribution is -2.21. The molecule has 0 saturated heterocycles. The smallest absolute Gasteiger partial charge is 0.251 e. The van der Waals surface area contributed by atoms with E-state index in [1.165, 1.54) is 12.1 Å². The van der Waals surface area contributed by atoms with Gasteiger partial charge in [-0.1, -0.05) is 22.6 Å². The first-order valence-corrected chi connectivity index (χ1v) is 5.41. The standard InChI is InChI=1S/C9H9IN2O2/c10-5-12-9(14)7-3-1-6(2-4-7)8(11)13/h1-4H,5H2,(H2,11,13)(H,12,14). The van der Waals surface area contributed by atoms with E-state index in [0.29, 0.717) is 15.7 Å². The molecule has 0 aromatic heterocycles. The molecular formula is C9H9IN2O2. The Balaban J connectivity index is 2.83. The molecule has 3 N–H and O–H groups in total. The maximum atomic E-state index is 11.3. The molecule has 0 unspecified atom stereocenters. The molecular weight excluding hydrogens is 295 g/mol. The Labute approximate surface area is 95.0 Å². The first kappa shape index (κ1) is 11.0. The summed E-state index contributed by atoms with van der Waals surface area (Å²) in [6.45, 7) is 0. The van der Waals surface area contributed by atoms with Crippen LogP contribution in [-0.4, -0.2) is 16.4 Å². The van der Waals surface area contributed by atoms with E-state index >= 15 is 0 Å². The normalized spacial score (nSPS) is 9.50. The Kier molecular flexibility index (Phi) is 3.87. The highest BCUT2D eigenvalue weighted by Crippen LogP contribution is 2.03. The third kappa shape index (κ3) is 2.69. The van der Waals surface area contributed by atoms with Crippen molar-refractivity contribution in [1.82, 2.24) is 5.32 Å². The van der Waals surface area contributed by atoms with Gasteiger partial charge >= 0.3 is 0 Å². The Morgan fingerprint density at radius 3 is 2.14 bits per heavy atom. The van der Waals surface area contributed by atoms with Crippen LogP contribution < -0.4 is 11.1 Å². The molecule has 0 aliphatic heterocycles. The Morgan fingerprint density at radius 1 is 1.21 bits per heavy atom. The number of amides is 2. The van der Waals surface area contributed by atoms with E-state index in [-0.39, 0.29) is 5.91 Å². The number of primary amides is 1. The van der Waals surface area contributed by atoms with Gasteiger partial charge in [0.15, 0.2) is 0 Å². The summed E-state index contributed by atoms with van der Waals surface area (Å²) in [6.07, 6.45) is 0. The van der Waals surface area contributed by atoms with Crippen molar-refractivity contribution < 1.29 is 9.59 Å². The lowest BCUT2D eigenvalue weighted by atomic mass is 10.1. The molecule has 1 rings (SSSR count). The third-order valence-electron chi connectivity index (χ3n) is 1.66. The topological polar surface area (TPSA) is 72.2 Å². The van der Waals surface area contributed by atoms with Crippen LogP contribution in [0, 0.1) is 0 Å². The summed E-state index contributed by atoms with van der Waals surface area (Å²) in [5, 5.41) is 2.64. The predicted molar refractivity (Wildman–Crippen MR) is 61.3 cm³/mol. The van der Waals surface area contributed by atoms with Crippen molar-refractivity contribution in [2.24, 2.45) is 5.73 Å². The fourth-order valence-corrected chi connectivity index (χ4v) is 1.30. The minimum absolute atomic E-state index is 0.157. The van der Waals surface area contributed by atoms with Crippen LogP contribution in [0.2, 0.25) is 0 Å². The molecule has 5 heteroatoms. The SMILES string of the molecule is NC(=O)c1ccc(C(=O)NCI)cc1. The number of nitrogens with one attached hydrogen (secondary N) is 1. The molecule has 0 radical (unpaired) electrons. The van der Waals surface area contributed by atoms with Gasteiger partial charge in [-0.05, 0) is 24.3 Å². The van der Waals surface area contributed by atoms with Crippen molar-refractivity contribution in [1.29, 1.82) is 0 Å². The first-order valence-electron chi connectivity index (χ1n) is 3.89. The van der Waals surface area contributed by atoms with Gasteiger partial charge in [-0.3, -0.25) is 9.59 Å². The van der Waals surface area contributed by atoms with Crippen LogP contribution >= 0.6 is 22.6 Å². The second-order valence-corrected chi connectivity index (χ2v) is 3.34. The van der Waals surface area contributed by atoms with Crippen molar-refractivity contribution >= 4 is 34.4 Å². The Bertz CT molecular complexity index is 348. The second-order valence-electron chi connectivity index (χ2n) is 2.58. The molecule has 1 aromatic carbocycles. The quantitative estimate of drug-likeness (QED) is 0.495. The lowest BCUT2D eigenvalue weighted by Gasteiger charge is -2.01. The number of rotatable bonds is 3. The van der Waals surface area contributed by atoms with E-state index < -0.39 is 5.91 Å². The van der Waals surface area contributed by atoms with Gasteiger partial charge in [0.25, 0.3) is 5.91 Å². The maximum absolute atomic E-state index is 11.3. The molecule has 0 atom stereocenters. The number of carbonyl (C=O) groups is 2. The second kappa shape index (κ2) is 4.94. The fourth-order valence-electron chi connectivity index (χ4n) is 0.949. The highest BCUT2D eigenvalue weighted by molar-refractivity contribution is 14.1. The first-order chi connectivity index (χ1) is 6.65. The number of alkyl halides is 1. The highest BCUT2D eigenvalue weighted by atomic mass is 127. The molecule has 1 aromatic rings. The third-order valence-corrected chi connectivity index (χ3v) is 2.04. The van der Waals surface area contributed by atoms with Gasteiger partial charge in [0, 0.05) is 11.1 Å². The predicted octanol–water partition coefficient (Wildman–Crippen LogP) is 0.908. The molecule has 2 amide bonds. The summed E-state index contributed by atoms with van der Waals surface area (Å²) in [4.78, 5) is 22.0. The van der Waals surface area contributed by atoms with Crippen molar-refractivity contribution in [3.05, 3.63) is 35.4 Å². The molecule has 0 heterocycles. The molecule has 0 bridgehead atoms. The van der Waals surface area contributed by atoms with Crippen LogP contribution in [0.15, 0.2) is 24.3 Å². The zero-order valence-electron chi connectivity index (χ0n) is 7.29. The van der Waals surface area contributed by atoms with E-state index in [1.807, 2.05) is 22.6 Å². The van der Waals surface area contributed by atoms with E-state index in [2.05, 4.69) is 5.32 Å². The van der Waals surface area contributed by atoms with Gasteiger partial charge in [0.1, 0.15) is 0 Å². The van der Waals surface area contributed by atoms with Crippen LogP contribution in [0.4, 0.5) is 0 Å². The molecule has 0 aliphatic carbocycles. The highest BCUT2D eigenvalue weighted by Gasteiger charge is 2.05. The van der Waals surface area contributed by atoms with Crippen molar-refractivity contribution in [2.75, 3.05) is 4.55 Å². The van der Waals surface area contributed by atoms with Gasteiger partial charge in [0.2, 0.25) is 5.91 Å². The minimum atomic E-state index is -0.495. The van der Waals surface area contributed by atoms with Gasteiger partial charge in [0.05, 0.1) is 4.55 Å². The molecule has 74 valence electrons. The van der Waals surface area contributed by atoms with E-state index in [0.717, 1.165) is 0 Å². The molecule has 14 heavy (non-hydrogen) atoms. The molecule has 4 nitrogen and oxygen atoms in total. The zero-order valence-corrected chi connectivity index (χ0v) is 9.45. The summed E-state index contributed by atoms with van der Waals surface area (Å²) < 4.78 is 0.550. The van der Waals surface area contributed by atoms with Crippen molar-refractivity contribution in [3.8, 4) is 0 Å². The van der Waals surface area contributed by atoms with Crippen molar-refractivity contribution in [2.45, 2.75) is 0 Å². The van der Waals surface area contributed by atoms with Crippen molar-refractivity contribution in [3.63, 3.8) is 0 Å². The van der Waals surface area contributed by atoms with Crippen LogP contribution in [0.25, 0.3) is 0 Å². The molecule has 0 fully saturated rings. The van der Waals surface area contributed by atoms with Gasteiger partial charge < -0.3 is 11.1 Å². The number of carbonyl (C=O) groups excluding carboxylic acids is 2. The summed E-state index contributed by atoms with van der Waals surface area (Å²) in [5.74, 6) is -0.652. The van der Waals surface area contributed by atoms with E-state index in [4.69, 9.17) is 5.73 Å². The minimum Gasteiger partial charge on any atom is -0.366 e. The molecule has 0 spiro atoms. The number of hydrogen-bond donors (Lipinski definition) is 2. The van der Waals surface area contributed by atoms with E-state index in [1.54, 1.807) is 12.1 Å². The number of halogens is 1. The maximum Gasteiger partial charge on any atom is 0.251 e. The van der Waals surface area contributed by atoms with E-state index in [9.17, 15) is 9.59 Å². The van der Waals surface area contributed by atoms with Crippen LogP contribution in [0.1, 0.15) is 20.7 Å². The van der Waals surface area contributed by atoms with Crippen LogP contribution in [0.5, 0.6) is 0 Å². The summed E-state index contributed by atoms with van der Waals surface area (Å²) in [5.41, 5.74) is 5.98. The summed E-state index contributed by atoms with van der Waals surface area (Å²) in [6, 6.07) is 6.21. The average molecular weight is 304 g/mol. The largest absolute Gasteiger partial charge is 0.366 e.